The van der Waals surface area contributed by atoms with Crippen molar-refractivity contribution >= 4 is 16.0 Å². The summed E-state index contributed by atoms with van der Waals surface area (Å²) in [6, 6.07) is 5.63. The highest BCUT2D eigenvalue weighted by Crippen LogP contribution is 2.12. The van der Waals surface area contributed by atoms with E-state index in [9.17, 15) is 13.2 Å². The number of ether oxygens (including phenoxy) is 1. The number of nitrogens with one attached hydrogen (secondary N) is 1. The molecule has 0 spiro atoms. The molecule has 0 aliphatic heterocycles. The minimum absolute atomic E-state index is 0.000324. The number of esters is 1. The highest BCUT2D eigenvalue weighted by molar-refractivity contribution is 7.89. The predicted molar refractivity (Wildman–Crippen MR) is 71.2 cm³/mol. The van der Waals surface area contributed by atoms with Gasteiger partial charge < -0.3 is 10.5 Å². The van der Waals surface area contributed by atoms with Crippen molar-refractivity contribution in [1.29, 1.82) is 0 Å². The van der Waals surface area contributed by atoms with Crippen molar-refractivity contribution in [1.82, 2.24) is 4.72 Å². The Morgan fingerprint density at radius 1 is 1.42 bits per heavy atom. The van der Waals surface area contributed by atoms with Crippen LogP contribution in [-0.2, 0) is 14.8 Å². The van der Waals surface area contributed by atoms with Crippen LogP contribution in [0.25, 0.3) is 0 Å². The minimum atomic E-state index is -3.70. The molecular formula is C12H18N2O4S. The number of nitrogens with two attached hydrogens (primary N) is 1. The summed E-state index contributed by atoms with van der Waals surface area (Å²) in [5.74, 6) is -0.587. The quantitative estimate of drug-likeness (QED) is 0.767. The van der Waals surface area contributed by atoms with Gasteiger partial charge in [-0.3, -0.25) is 0 Å². The van der Waals surface area contributed by atoms with Gasteiger partial charge in [0.25, 0.3) is 0 Å². The fourth-order valence-electron chi connectivity index (χ4n) is 1.27. The molecule has 0 radical (unpaired) electrons. The van der Waals surface area contributed by atoms with Crippen LogP contribution < -0.4 is 10.5 Å². The third kappa shape index (κ3) is 4.62. The van der Waals surface area contributed by atoms with Gasteiger partial charge in [0.05, 0.1) is 17.6 Å². The first-order valence-electron chi connectivity index (χ1n) is 5.63. The molecule has 0 unspecified atom stereocenters. The van der Waals surface area contributed by atoms with Gasteiger partial charge >= 0.3 is 5.97 Å². The van der Waals surface area contributed by atoms with Crippen LogP contribution >= 0.6 is 0 Å². The van der Waals surface area contributed by atoms with E-state index in [0.717, 1.165) is 0 Å². The summed E-state index contributed by atoms with van der Waals surface area (Å²) in [6.07, 6.45) is 0. The molecule has 19 heavy (non-hydrogen) atoms. The highest BCUT2D eigenvalue weighted by Gasteiger charge is 2.19. The van der Waals surface area contributed by atoms with Crippen molar-refractivity contribution in [3.05, 3.63) is 29.8 Å². The van der Waals surface area contributed by atoms with E-state index in [1.54, 1.807) is 13.8 Å². The van der Waals surface area contributed by atoms with Crippen LogP contribution in [0.2, 0.25) is 0 Å². The van der Waals surface area contributed by atoms with Gasteiger partial charge in [-0.2, -0.15) is 0 Å². The molecule has 1 aromatic rings. The third-order valence-corrected chi connectivity index (χ3v) is 3.68. The second kappa shape index (κ2) is 5.68. The summed E-state index contributed by atoms with van der Waals surface area (Å²) in [5, 5.41) is 0. The van der Waals surface area contributed by atoms with Gasteiger partial charge in [-0.05, 0) is 32.0 Å². The monoisotopic (exact) mass is 286 g/mol. The molecule has 1 aromatic carbocycles. The summed E-state index contributed by atoms with van der Waals surface area (Å²) < 4.78 is 31.0. The molecule has 3 N–H and O–H groups in total. The lowest BCUT2D eigenvalue weighted by Gasteiger charge is -2.19. The highest BCUT2D eigenvalue weighted by atomic mass is 32.2. The molecule has 0 saturated carbocycles. The topological polar surface area (TPSA) is 98.5 Å². The Bertz CT molecular complexity index is 561. The van der Waals surface area contributed by atoms with Crippen LogP contribution in [0.1, 0.15) is 24.2 Å². The molecule has 106 valence electrons. The minimum Gasteiger partial charge on any atom is -0.465 e. The van der Waals surface area contributed by atoms with E-state index in [2.05, 4.69) is 9.46 Å². The second-order valence-electron chi connectivity index (χ2n) is 4.83. The van der Waals surface area contributed by atoms with Crippen molar-refractivity contribution in [2.45, 2.75) is 24.3 Å². The Morgan fingerprint density at radius 3 is 2.58 bits per heavy atom. The van der Waals surface area contributed by atoms with Gasteiger partial charge in [0.1, 0.15) is 0 Å². The SMILES string of the molecule is COC(=O)c1cccc(S(=O)(=O)NCC(C)(C)N)c1. The molecule has 7 heteroatoms. The first kappa shape index (κ1) is 15.6. The number of methoxy groups -OCH3 is 1. The number of rotatable bonds is 5. The summed E-state index contributed by atoms with van der Waals surface area (Å²) in [5.41, 5.74) is 5.24. The summed E-state index contributed by atoms with van der Waals surface area (Å²) in [6.45, 7) is 3.51. The Hall–Kier alpha value is -1.44. The van der Waals surface area contributed by atoms with E-state index in [1.807, 2.05) is 0 Å². The molecule has 0 saturated heterocycles. The van der Waals surface area contributed by atoms with Gasteiger partial charge in [-0.1, -0.05) is 6.07 Å². The van der Waals surface area contributed by atoms with E-state index >= 15 is 0 Å². The molecule has 1 rings (SSSR count). The Balaban J connectivity index is 2.99. The molecule has 0 fully saturated rings. The Kier molecular flexibility index (Phi) is 4.67. The number of carbonyl (C=O) groups is 1. The Labute approximate surface area is 113 Å². The van der Waals surface area contributed by atoms with E-state index in [1.165, 1.54) is 31.4 Å². The summed E-state index contributed by atoms with van der Waals surface area (Å²) in [4.78, 5) is 11.4. The van der Waals surface area contributed by atoms with Crippen molar-refractivity contribution in [3.63, 3.8) is 0 Å². The van der Waals surface area contributed by atoms with Gasteiger partial charge in [-0.25, -0.2) is 17.9 Å². The molecule has 0 heterocycles. The van der Waals surface area contributed by atoms with E-state index in [4.69, 9.17) is 5.73 Å². The average molecular weight is 286 g/mol. The largest absolute Gasteiger partial charge is 0.465 e. The van der Waals surface area contributed by atoms with Crippen molar-refractivity contribution in [2.75, 3.05) is 13.7 Å². The normalized spacial score (nSPS) is 12.2. The van der Waals surface area contributed by atoms with Crippen LogP contribution in [-0.4, -0.2) is 33.6 Å². The first-order valence-corrected chi connectivity index (χ1v) is 7.11. The number of hydrogen-bond acceptors (Lipinski definition) is 5. The van der Waals surface area contributed by atoms with Crippen LogP contribution in [0.5, 0.6) is 0 Å². The fourth-order valence-corrected chi connectivity index (χ4v) is 2.54. The predicted octanol–water partition coefficient (Wildman–Crippen LogP) is 0.489. The second-order valence-corrected chi connectivity index (χ2v) is 6.60. The molecule has 0 aromatic heterocycles. The Morgan fingerprint density at radius 2 is 2.05 bits per heavy atom. The first-order chi connectivity index (χ1) is 8.65. The lowest BCUT2D eigenvalue weighted by molar-refractivity contribution is 0.0600. The third-order valence-electron chi connectivity index (χ3n) is 2.28. The number of hydrogen-bond donors (Lipinski definition) is 2. The van der Waals surface area contributed by atoms with Crippen LogP contribution in [0, 0.1) is 0 Å². The van der Waals surface area contributed by atoms with Gasteiger partial charge in [0.15, 0.2) is 0 Å². The van der Waals surface area contributed by atoms with Gasteiger partial charge in [0, 0.05) is 12.1 Å². The van der Waals surface area contributed by atoms with Crippen molar-refractivity contribution < 1.29 is 17.9 Å². The van der Waals surface area contributed by atoms with E-state index in [-0.39, 0.29) is 17.0 Å². The maximum Gasteiger partial charge on any atom is 0.337 e. The zero-order valence-corrected chi connectivity index (χ0v) is 12.0. The van der Waals surface area contributed by atoms with Crippen molar-refractivity contribution in [2.24, 2.45) is 5.73 Å². The maximum atomic E-state index is 12.0. The van der Waals surface area contributed by atoms with E-state index < -0.39 is 21.5 Å². The number of carbonyl (C=O) groups excluding carboxylic acids is 1. The number of benzene rings is 1. The molecule has 0 atom stereocenters. The van der Waals surface area contributed by atoms with Gasteiger partial charge in [-0.15, -0.1) is 0 Å². The average Bonchev–Trinajstić information content (AvgIpc) is 2.35. The molecule has 6 nitrogen and oxygen atoms in total. The lowest BCUT2D eigenvalue weighted by atomic mass is 10.1. The van der Waals surface area contributed by atoms with Crippen LogP contribution in [0.15, 0.2) is 29.2 Å². The molecule has 0 amide bonds. The standard InChI is InChI=1S/C12H18N2O4S/c1-12(2,13)8-14-19(16,17)10-6-4-5-9(7-10)11(15)18-3/h4-7,14H,8,13H2,1-3H3. The number of sulfonamides is 1. The van der Waals surface area contributed by atoms with Crippen molar-refractivity contribution in [3.8, 4) is 0 Å². The van der Waals surface area contributed by atoms with Crippen LogP contribution in [0.4, 0.5) is 0 Å². The zero-order valence-electron chi connectivity index (χ0n) is 11.1. The van der Waals surface area contributed by atoms with Crippen LogP contribution in [0.3, 0.4) is 0 Å². The molecule has 0 aliphatic carbocycles. The zero-order chi connectivity index (χ0) is 14.7. The maximum absolute atomic E-state index is 12.0. The summed E-state index contributed by atoms with van der Waals surface area (Å²) in [7, 11) is -2.46. The fraction of sp³-hybridized carbons (Fsp3) is 0.417. The molecule has 0 bridgehead atoms. The van der Waals surface area contributed by atoms with Gasteiger partial charge in [0.2, 0.25) is 10.0 Å². The smallest absolute Gasteiger partial charge is 0.337 e. The molecule has 0 aliphatic rings. The lowest BCUT2D eigenvalue weighted by Crippen LogP contribution is -2.45. The summed E-state index contributed by atoms with van der Waals surface area (Å²) >= 11 is 0. The van der Waals surface area contributed by atoms with E-state index in [0.29, 0.717) is 0 Å². The molecular weight excluding hydrogens is 268 g/mol.